The van der Waals surface area contributed by atoms with E-state index in [1.54, 1.807) is 48.2 Å². The number of unbranched alkanes of at least 4 members (excludes halogenated alkanes) is 1. The molecule has 0 atom stereocenters. The van der Waals surface area contributed by atoms with Gasteiger partial charge in [-0.25, -0.2) is 18.2 Å². The molecule has 1 N–H and O–H groups in total. The average Bonchev–Trinajstić information content (AvgIpc) is 2.85. The molecule has 0 bridgehead atoms. The van der Waals surface area contributed by atoms with Gasteiger partial charge < -0.3 is 19.7 Å². The van der Waals surface area contributed by atoms with Crippen LogP contribution in [0.4, 0.5) is 22.1 Å². The number of benzene rings is 1. The minimum absolute atomic E-state index is 0.0421. The molecule has 0 saturated carbocycles. The Labute approximate surface area is 204 Å². The van der Waals surface area contributed by atoms with Crippen molar-refractivity contribution in [1.82, 2.24) is 4.98 Å². The Morgan fingerprint density at radius 1 is 1.17 bits per heavy atom. The van der Waals surface area contributed by atoms with Gasteiger partial charge in [0.15, 0.2) is 9.84 Å². The Bertz CT molecular complexity index is 1100. The zero-order valence-corrected chi connectivity index (χ0v) is 20.4. The number of rotatable bonds is 11. The van der Waals surface area contributed by atoms with E-state index in [9.17, 15) is 23.3 Å². The quantitative estimate of drug-likeness (QED) is 0.207. The van der Waals surface area contributed by atoms with E-state index >= 15 is 0 Å². The number of sulfone groups is 1. The number of hydrogen-bond donors (Lipinski definition) is 1. The number of nitrogens with zero attached hydrogens (tertiary/aromatic N) is 3. The van der Waals surface area contributed by atoms with Crippen LogP contribution in [0.1, 0.15) is 32.6 Å². The summed E-state index contributed by atoms with van der Waals surface area (Å²) in [5, 5.41) is 14.7. The highest BCUT2D eigenvalue weighted by atomic mass is 32.2. The van der Waals surface area contributed by atoms with Crippen LogP contribution in [-0.4, -0.2) is 62.6 Å². The summed E-state index contributed by atoms with van der Waals surface area (Å²) in [5.74, 6) is 0.767. The molecule has 0 radical (unpaired) electrons. The Balaban J connectivity index is 1.53. The van der Waals surface area contributed by atoms with E-state index in [0.717, 1.165) is 0 Å². The van der Waals surface area contributed by atoms with Gasteiger partial charge in [0.2, 0.25) is 5.82 Å². The average molecular weight is 507 g/mol. The first-order valence-corrected chi connectivity index (χ1v) is 13.2. The van der Waals surface area contributed by atoms with Gasteiger partial charge in [-0.1, -0.05) is 18.2 Å². The maximum Gasteiger partial charge on any atom is 0.508 e. The SMILES string of the molecule is CCOC(=O)OC1CCN(c2nc(NCCCCS(=O)(=O)c3ccccc3)ccc2[N+](=O)[O-])CC1. The zero-order valence-electron chi connectivity index (χ0n) is 19.6. The third-order valence-corrected chi connectivity index (χ3v) is 7.38. The van der Waals surface area contributed by atoms with Gasteiger partial charge >= 0.3 is 11.8 Å². The Morgan fingerprint density at radius 2 is 1.89 bits per heavy atom. The minimum atomic E-state index is -3.32. The van der Waals surface area contributed by atoms with Crippen molar-refractivity contribution < 1.29 is 27.6 Å². The molecule has 1 aromatic carbocycles. The number of carbonyl (C=O) groups is 1. The summed E-state index contributed by atoms with van der Waals surface area (Å²) in [6, 6.07) is 11.3. The van der Waals surface area contributed by atoms with Crippen molar-refractivity contribution >= 4 is 33.3 Å². The summed E-state index contributed by atoms with van der Waals surface area (Å²) >= 11 is 0. The molecule has 0 amide bonds. The van der Waals surface area contributed by atoms with E-state index < -0.39 is 20.9 Å². The monoisotopic (exact) mass is 506 g/mol. The molecule has 12 heteroatoms. The van der Waals surface area contributed by atoms with Crippen LogP contribution < -0.4 is 10.2 Å². The Morgan fingerprint density at radius 3 is 2.54 bits per heavy atom. The first-order valence-electron chi connectivity index (χ1n) is 11.6. The Hall–Kier alpha value is -3.41. The highest BCUT2D eigenvalue weighted by molar-refractivity contribution is 7.91. The van der Waals surface area contributed by atoms with Gasteiger partial charge in [-0.15, -0.1) is 0 Å². The smallest absolute Gasteiger partial charge is 0.435 e. The second-order valence-electron chi connectivity index (χ2n) is 8.05. The lowest BCUT2D eigenvalue weighted by Gasteiger charge is -2.32. The van der Waals surface area contributed by atoms with E-state index in [-0.39, 0.29) is 30.0 Å². The van der Waals surface area contributed by atoms with E-state index in [1.165, 1.54) is 6.07 Å². The molecule has 35 heavy (non-hydrogen) atoms. The van der Waals surface area contributed by atoms with E-state index in [1.807, 2.05) is 0 Å². The lowest BCUT2D eigenvalue weighted by molar-refractivity contribution is -0.384. The minimum Gasteiger partial charge on any atom is -0.435 e. The molecule has 11 nitrogen and oxygen atoms in total. The number of piperidine rings is 1. The highest BCUT2D eigenvalue weighted by Gasteiger charge is 2.28. The molecule has 0 aliphatic carbocycles. The fourth-order valence-electron chi connectivity index (χ4n) is 3.77. The third-order valence-electron chi connectivity index (χ3n) is 5.57. The number of nitro groups is 1. The molecule has 1 fully saturated rings. The highest BCUT2D eigenvalue weighted by Crippen LogP contribution is 2.30. The molecular formula is C23H30N4O7S. The standard InChI is InChI=1S/C23H30N4O7S/c1-2-33-23(28)34-18-12-15-26(16-13-18)22-20(27(29)30)10-11-21(25-22)24-14-6-7-17-35(31,32)19-8-4-3-5-9-19/h3-5,8-11,18H,2,6-7,12-17H2,1H3,(H,24,25). The van der Waals surface area contributed by atoms with Crippen LogP contribution in [0.15, 0.2) is 47.4 Å². The van der Waals surface area contributed by atoms with Gasteiger partial charge in [-0.2, -0.15) is 0 Å². The number of aromatic nitrogens is 1. The second-order valence-corrected chi connectivity index (χ2v) is 10.2. The van der Waals surface area contributed by atoms with E-state index in [4.69, 9.17) is 9.47 Å². The fourth-order valence-corrected chi connectivity index (χ4v) is 5.16. The van der Waals surface area contributed by atoms with Gasteiger partial charge in [0.1, 0.15) is 11.9 Å². The molecule has 0 spiro atoms. The molecule has 2 heterocycles. The first-order chi connectivity index (χ1) is 16.8. The summed E-state index contributed by atoms with van der Waals surface area (Å²) in [5.41, 5.74) is -0.103. The molecule has 1 saturated heterocycles. The van der Waals surface area contributed by atoms with Gasteiger partial charge in [0.05, 0.1) is 22.2 Å². The summed E-state index contributed by atoms with van der Waals surface area (Å²) in [6.45, 7) is 3.29. The van der Waals surface area contributed by atoms with E-state index in [2.05, 4.69) is 10.3 Å². The second kappa shape index (κ2) is 12.3. The summed E-state index contributed by atoms with van der Waals surface area (Å²) in [6.07, 6.45) is 1.06. The number of carbonyl (C=O) groups excluding carboxylic acids is 1. The summed E-state index contributed by atoms with van der Waals surface area (Å²) < 4.78 is 34.8. The van der Waals surface area contributed by atoms with Crippen LogP contribution in [0.5, 0.6) is 0 Å². The van der Waals surface area contributed by atoms with Gasteiger partial charge in [-0.05, 0) is 38.0 Å². The normalized spacial score (nSPS) is 14.4. The molecule has 1 aliphatic rings. The van der Waals surface area contributed by atoms with Crippen LogP contribution >= 0.6 is 0 Å². The summed E-state index contributed by atoms with van der Waals surface area (Å²) in [4.78, 5) is 29.2. The van der Waals surface area contributed by atoms with Crippen molar-refractivity contribution in [3.05, 3.63) is 52.6 Å². The van der Waals surface area contributed by atoms with Crippen LogP contribution in [-0.2, 0) is 19.3 Å². The van der Waals surface area contributed by atoms with Crippen LogP contribution in [0.25, 0.3) is 0 Å². The van der Waals surface area contributed by atoms with Crippen molar-refractivity contribution in [2.75, 3.05) is 42.2 Å². The van der Waals surface area contributed by atoms with Crippen LogP contribution in [0.3, 0.4) is 0 Å². The van der Waals surface area contributed by atoms with Crippen molar-refractivity contribution in [2.24, 2.45) is 0 Å². The van der Waals surface area contributed by atoms with Crippen molar-refractivity contribution in [3.63, 3.8) is 0 Å². The number of ether oxygens (including phenoxy) is 2. The Kier molecular flexibility index (Phi) is 9.24. The predicted molar refractivity (Wildman–Crippen MR) is 130 cm³/mol. The summed E-state index contributed by atoms with van der Waals surface area (Å²) in [7, 11) is -3.32. The molecule has 1 aliphatic heterocycles. The van der Waals surface area contributed by atoms with Crippen molar-refractivity contribution in [3.8, 4) is 0 Å². The lowest BCUT2D eigenvalue weighted by atomic mass is 10.1. The topological polar surface area (TPSA) is 141 Å². The first kappa shape index (κ1) is 26.2. The number of hydrogen-bond acceptors (Lipinski definition) is 10. The van der Waals surface area contributed by atoms with Gasteiger partial charge in [0.25, 0.3) is 0 Å². The van der Waals surface area contributed by atoms with Crippen LogP contribution in [0.2, 0.25) is 0 Å². The maximum absolute atomic E-state index is 12.4. The number of anilines is 2. The zero-order chi connectivity index (χ0) is 25.3. The fraction of sp³-hybridized carbons (Fsp3) is 0.478. The predicted octanol–water partition coefficient (Wildman–Crippen LogP) is 3.80. The lowest BCUT2D eigenvalue weighted by Crippen LogP contribution is -2.38. The maximum atomic E-state index is 12.4. The van der Waals surface area contributed by atoms with Crippen molar-refractivity contribution in [1.29, 1.82) is 0 Å². The molecule has 2 aromatic rings. The van der Waals surface area contributed by atoms with Gasteiger partial charge in [-0.3, -0.25) is 10.1 Å². The van der Waals surface area contributed by atoms with E-state index in [0.29, 0.717) is 56.0 Å². The van der Waals surface area contributed by atoms with Crippen molar-refractivity contribution in [2.45, 2.75) is 43.6 Å². The molecular weight excluding hydrogens is 476 g/mol. The molecule has 0 unspecified atom stereocenters. The molecule has 190 valence electrons. The number of pyridine rings is 1. The molecule has 3 rings (SSSR count). The number of nitrogens with one attached hydrogen (secondary N) is 1. The molecule has 1 aromatic heterocycles. The largest absolute Gasteiger partial charge is 0.508 e. The van der Waals surface area contributed by atoms with Gasteiger partial charge in [0, 0.05) is 38.5 Å². The third kappa shape index (κ3) is 7.54. The van der Waals surface area contributed by atoms with Crippen LogP contribution in [0, 0.1) is 10.1 Å².